The van der Waals surface area contributed by atoms with Crippen LogP contribution in [0.1, 0.15) is 19.4 Å². The third kappa shape index (κ3) is 3.40. The van der Waals surface area contributed by atoms with E-state index in [0.717, 1.165) is 26.1 Å². The molecule has 2 N–H and O–H groups in total. The zero-order valence-corrected chi connectivity index (χ0v) is 13.6. The third-order valence-electron chi connectivity index (χ3n) is 4.73. The first kappa shape index (κ1) is 15.3. The minimum atomic E-state index is 0.221. The van der Waals surface area contributed by atoms with Crippen LogP contribution in [0, 0.1) is 5.41 Å². The Labute approximate surface area is 134 Å². The van der Waals surface area contributed by atoms with Gasteiger partial charge in [-0.15, -0.1) is 0 Å². The van der Waals surface area contributed by atoms with Crippen LogP contribution in [0.3, 0.4) is 0 Å². The summed E-state index contributed by atoms with van der Waals surface area (Å²) in [4.78, 5) is 0. The molecule has 1 fully saturated rings. The first-order chi connectivity index (χ1) is 10.7. The summed E-state index contributed by atoms with van der Waals surface area (Å²) in [6.07, 6.45) is 1.08. The summed E-state index contributed by atoms with van der Waals surface area (Å²) in [6.45, 7) is 7.95. The van der Waals surface area contributed by atoms with Crippen LogP contribution in [0.25, 0.3) is 11.1 Å². The van der Waals surface area contributed by atoms with Gasteiger partial charge in [0.1, 0.15) is 0 Å². The lowest BCUT2D eigenvalue weighted by Gasteiger charge is -2.38. The van der Waals surface area contributed by atoms with Crippen molar-refractivity contribution in [1.29, 1.82) is 0 Å². The zero-order valence-electron chi connectivity index (χ0n) is 13.6. The molecule has 0 radical (unpaired) electrons. The van der Waals surface area contributed by atoms with E-state index in [2.05, 4.69) is 79.1 Å². The summed E-state index contributed by atoms with van der Waals surface area (Å²) in [5, 5.41) is 7.19. The molecule has 0 aromatic heterocycles. The van der Waals surface area contributed by atoms with E-state index in [-0.39, 0.29) is 5.41 Å². The Hall–Kier alpha value is -1.64. The fourth-order valence-corrected chi connectivity index (χ4v) is 3.39. The van der Waals surface area contributed by atoms with Gasteiger partial charge in [-0.2, -0.15) is 0 Å². The van der Waals surface area contributed by atoms with Crippen molar-refractivity contribution < 1.29 is 0 Å². The van der Waals surface area contributed by atoms with Gasteiger partial charge in [-0.25, -0.2) is 0 Å². The van der Waals surface area contributed by atoms with E-state index in [1.165, 1.54) is 16.7 Å². The van der Waals surface area contributed by atoms with Crippen molar-refractivity contribution in [2.45, 2.75) is 26.3 Å². The van der Waals surface area contributed by atoms with Crippen molar-refractivity contribution in [2.75, 3.05) is 19.6 Å². The average molecular weight is 294 g/mol. The molecule has 1 aliphatic rings. The van der Waals surface area contributed by atoms with Crippen LogP contribution in [0.15, 0.2) is 54.6 Å². The van der Waals surface area contributed by atoms with E-state index in [4.69, 9.17) is 0 Å². The van der Waals surface area contributed by atoms with Crippen molar-refractivity contribution in [2.24, 2.45) is 5.41 Å². The Morgan fingerprint density at radius 2 is 1.68 bits per heavy atom. The molecule has 1 saturated heterocycles. The summed E-state index contributed by atoms with van der Waals surface area (Å²) in [5.74, 6) is 0. The van der Waals surface area contributed by atoms with Crippen molar-refractivity contribution >= 4 is 0 Å². The van der Waals surface area contributed by atoms with Gasteiger partial charge < -0.3 is 10.6 Å². The number of benzene rings is 2. The van der Waals surface area contributed by atoms with Crippen LogP contribution >= 0.6 is 0 Å². The number of rotatable bonds is 4. The van der Waals surface area contributed by atoms with Gasteiger partial charge in [0.2, 0.25) is 0 Å². The minimum absolute atomic E-state index is 0.221. The van der Waals surface area contributed by atoms with Gasteiger partial charge in [0.15, 0.2) is 0 Å². The third-order valence-corrected chi connectivity index (χ3v) is 4.73. The maximum atomic E-state index is 3.68. The van der Waals surface area contributed by atoms with Crippen LogP contribution in [0.2, 0.25) is 0 Å². The van der Waals surface area contributed by atoms with E-state index in [1.54, 1.807) is 0 Å². The Bertz CT molecular complexity index is 598. The van der Waals surface area contributed by atoms with Gasteiger partial charge in [0.05, 0.1) is 0 Å². The largest absolute Gasteiger partial charge is 0.314 e. The summed E-state index contributed by atoms with van der Waals surface area (Å²) in [7, 11) is 0. The number of piperazine rings is 1. The molecule has 0 amide bonds. The van der Waals surface area contributed by atoms with Gasteiger partial charge in [0, 0.05) is 25.7 Å². The molecule has 1 aliphatic heterocycles. The summed E-state index contributed by atoms with van der Waals surface area (Å²) >= 11 is 0. The molecule has 3 rings (SSSR count). The Morgan fingerprint density at radius 3 is 2.41 bits per heavy atom. The van der Waals surface area contributed by atoms with Gasteiger partial charge in [-0.05, 0) is 28.5 Å². The molecule has 0 aliphatic carbocycles. The number of hydrogen-bond acceptors (Lipinski definition) is 2. The molecule has 0 bridgehead atoms. The van der Waals surface area contributed by atoms with E-state index < -0.39 is 0 Å². The van der Waals surface area contributed by atoms with Crippen LogP contribution in [-0.2, 0) is 6.42 Å². The molecule has 1 atom stereocenters. The number of hydrogen-bond donors (Lipinski definition) is 2. The minimum Gasteiger partial charge on any atom is -0.314 e. The van der Waals surface area contributed by atoms with E-state index in [0.29, 0.717) is 6.04 Å². The molecule has 1 heterocycles. The lowest BCUT2D eigenvalue weighted by atomic mass is 9.76. The molecule has 2 nitrogen and oxygen atoms in total. The highest BCUT2D eigenvalue weighted by atomic mass is 15.1. The van der Waals surface area contributed by atoms with Gasteiger partial charge in [0.25, 0.3) is 0 Å². The molecule has 1 unspecified atom stereocenters. The SMILES string of the molecule is CC(C)(Cc1ccccc1-c1ccccc1)C1CNCCN1. The summed E-state index contributed by atoms with van der Waals surface area (Å²) < 4.78 is 0. The lowest BCUT2D eigenvalue weighted by Crippen LogP contribution is -2.55. The highest BCUT2D eigenvalue weighted by Crippen LogP contribution is 2.32. The van der Waals surface area contributed by atoms with Crippen molar-refractivity contribution in [3.05, 3.63) is 60.2 Å². The average Bonchev–Trinajstić information content (AvgIpc) is 2.57. The monoisotopic (exact) mass is 294 g/mol. The van der Waals surface area contributed by atoms with E-state index >= 15 is 0 Å². The van der Waals surface area contributed by atoms with Gasteiger partial charge in [-0.1, -0.05) is 68.4 Å². The molecule has 0 spiro atoms. The topological polar surface area (TPSA) is 24.1 Å². The van der Waals surface area contributed by atoms with E-state index in [1.807, 2.05) is 0 Å². The highest BCUT2D eigenvalue weighted by molar-refractivity contribution is 5.67. The summed E-state index contributed by atoms with van der Waals surface area (Å²) in [6, 6.07) is 20.0. The van der Waals surface area contributed by atoms with Crippen LogP contribution in [0.4, 0.5) is 0 Å². The Kier molecular flexibility index (Phi) is 4.60. The van der Waals surface area contributed by atoms with Crippen molar-refractivity contribution in [3.63, 3.8) is 0 Å². The fraction of sp³-hybridized carbons (Fsp3) is 0.400. The smallest absolute Gasteiger partial charge is 0.0247 e. The molecule has 0 saturated carbocycles. The highest BCUT2D eigenvalue weighted by Gasteiger charge is 2.31. The standard InChI is InChI=1S/C20H26N2/c1-20(2,19-15-21-12-13-22-19)14-17-10-6-7-11-18(17)16-8-4-3-5-9-16/h3-11,19,21-22H,12-15H2,1-2H3. The van der Waals surface area contributed by atoms with Crippen molar-refractivity contribution in [3.8, 4) is 11.1 Å². The number of nitrogens with one attached hydrogen (secondary N) is 2. The van der Waals surface area contributed by atoms with E-state index in [9.17, 15) is 0 Å². The predicted molar refractivity (Wildman–Crippen MR) is 94.0 cm³/mol. The molecule has 2 heteroatoms. The Morgan fingerprint density at radius 1 is 0.955 bits per heavy atom. The summed E-state index contributed by atoms with van der Waals surface area (Å²) in [5.41, 5.74) is 4.33. The second-order valence-electron chi connectivity index (χ2n) is 6.90. The second-order valence-corrected chi connectivity index (χ2v) is 6.90. The molecule has 2 aromatic rings. The van der Waals surface area contributed by atoms with Crippen LogP contribution in [0.5, 0.6) is 0 Å². The zero-order chi connectivity index (χ0) is 15.4. The van der Waals surface area contributed by atoms with Gasteiger partial charge >= 0.3 is 0 Å². The van der Waals surface area contributed by atoms with Crippen LogP contribution < -0.4 is 10.6 Å². The fourth-order valence-electron chi connectivity index (χ4n) is 3.39. The molecule has 116 valence electrons. The second kappa shape index (κ2) is 6.64. The molecule has 22 heavy (non-hydrogen) atoms. The maximum absolute atomic E-state index is 3.68. The maximum Gasteiger partial charge on any atom is 0.0247 e. The lowest BCUT2D eigenvalue weighted by molar-refractivity contribution is 0.214. The van der Waals surface area contributed by atoms with Crippen LogP contribution in [-0.4, -0.2) is 25.7 Å². The Balaban J connectivity index is 1.86. The molecular formula is C20H26N2. The first-order valence-corrected chi connectivity index (χ1v) is 8.24. The first-order valence-electron chi connectivity index (χ1n) is 8.24. The normalized spacial score (nSPS) is 19.1. The quantitative estimate of drug-likeness (QED) is 0.902. The predicted octanol–water partition coefficient (Wildman–Crippen LogP) is 3.48. The van der Waals surface area contributed by atoms with Gasteiger partial charge in [-0.3, -0.25) is 0 Å². The molecule has 2 aromatic carbocycles. The molecular weight excluding hydrogens is 268 g/mol. The van der Waals surface area contributed by atoms with Crippen molar-refractivity contribution in [1.82, 2.24) is 10.6 Å².